The van der Waals surface area contributed by atoms with Gasteiger partial charge < -0.3 is 0 Å². The first kappa shape index (κ1) is 13.1. The summed E-state index contributed by atoms with van der Waals surface area (Å²) in [4.78, 5) is 25.8. The first-order valence-electron chi connectivity index (χ1n) is 4.55. The van der Waals surface area contributed by atoms with Gasteiger partial charge in [-0.15, -0.1) is 0 Å². The molecule has 0 atom stereocenters. The monoisotopic (exact) mass is 246 g/mol. The van der Waals surface area contributed by atoms with Crippen LogP contribution in [0.4, 0.5) is 19.0 Å². The van der Waals surface area contributed by atoms with E-state index in [2.05, 4.69) is 4.98 Å². The summed E-state index contributed by atoms with van der Waals surface area (Å²) < 4.78 is 36.4. The van der Waals surface area contributed by atoms with Gasteiger partial charge in [0.2, 0.25) is 0 Å². The Kier molecular flexibility index (Phi) is 3.50. The second kappa shape index (κ2) is 4.52. The van der Waals surface area contributed by atoms with Gasteiger partial charge in [0.1, 0.15) is 5.82 Å². The van der Waals surface area contributed by atoms with Crippen LogP contribution in [0.5, 0.6) is 0 Å². The number of hydrogen-bond acceptors (Lipinski definition) is 3. The standard InChI is InChI=1S/C10H9F3N2O2/c1-6(16)7-3-4-8(14-5-7)15(2)9(17)10(11,12)13/h3-5H,1-2H3. The Morgan fingerprint density at radius 2 is 1.88 bits per heavy atom. The molecule has 0 aliphatic heterocycles. The first-order valence-corrected chi connectivity index (χ1v) is 4.55. The number of ketones is 1. The zero-order valence-corrected chi connectivity index (χ0v) is 9.08. The predicted octanol–water partition coefficient (Wildman–Crippen LogP) is 1.81. The Labute approximate surface area is 95.1 Å². The predicted molar refractivity (Wildman–Crippen MR) is 53.7 cm³/mol. The molecule has 0 saturated heterocycles. The van der Waals surface area contributed by atoms with E-state index in [9.17, 15) is 22.8 Å². The molecule has 0 aliphatic rings. The van der Waals surface area contributed by atoms with Gasteiger partial charge in [-0.05, 0) is 19.1 Å². The summed E-state index contributed by atoms with van der Waals surface area (Å²) >= 11 is 0. The SMILES string of the molecule is CC(=O)c1ccc(N(C)C(=O)C(F)(F)F)nc1. The van der Waals surface area contributed by atoms with Crippen molar-refractivity contribution in [3.05, 3.63) is 23.9 Å². The molecule has 0 N–H and O–H groups in total. The Bertz CT molecular complexity index is 440. The van der Waals surface area contributed by atoms with Crippen molar-refractivity contribution in [2.75, 3.05) is 11.9 Å². The molecule has 92 valence electrons. The van der Waals surface area contributed by atoms with Crippen molar-refractivity contribution >= 4 is 17.5 Å². The average Bonchev–Trinajstić information content (AvgIpc) is 2.26. The van der Waals surface area contributed by atoms with Crippen molar-refractivity contribution in [3.8, 4) is 0 Å². The average molecular weight is 246 g/mol. The molecule has 0 radical (unpaired) electrons. The van der Waals surface area contributed by atoms with Crippen molar-refractivity contribution in [2.45, 2.75) is 13.1 Å². The van der Waals surface area contributed by atoms with Gasteiger partial charge in [0, 0.05) is 18.8 Å². The minimum Gasteiger partial charge on any atom is -0.294 e. The molecular weight excluding hydrogens is 237 g/mol. The van der Waals surface area contributed by atoms with Gasteiger partial charge in [0.15, 0.2) is 5.78 Å². The van der Waals surface area contributed by atoms with Crippen molar-refractivity contribution in [1.29, 1.82) is 0 Å². The third-order valence-corrected chi connectivity index (χ3v) is 2.05. The van der Waals surface area contributed by atoms with Gasteiger partial charge in [0.25, 0.3) is 0 Å². The van der Waals surface area contributed by atoms with Crippen molar-refractivity contribution in [2.24, 2.45) is 0 Å². The number of Topliss-reactive ketones (excluding diaryl/α,β-unsaturated/α-hetero) is 1. The number of rotatable bonds is 2. The number of hydrogen-bond donors (Lipinski definition) is 0. The molecule has 0 aliphatic carbocycles. The maximum Gasteiger partial charge on any atom is 0.471 e. The fraction of sp³-hybridized carbons (Fsp3) is 0.300. The molecule has 1 heterocycles. The van der Waals surface area contributed by atoms with Gasteiger partial charge in [-0.1, -0.05) is 0 Å². The third kappa shape index (κ3) is 3.02. The number of nitrogens with zero attached hydrogens (tertiary/aromatic N) is 2. The number of aromatic nitrogens is 1. The summed E-state index contributed by atoms with van der Waals surface area (Å²) in [6.45, 7) is 1.31. The van der Waals surface area contributed by atoms with Gasteiger partial charge in [-0.25, -0.2) is 4.98 Å². The maximum atomic E-state index is 12.1. The van der Waals surface area contributed by atoms with Crippen molar-refractivity contribution in [3.63, 3.8) is 0 Å². The van der Waals surface area contributed by atoms with Crippen LogP contribution < -0.4 is 4.90 Å². The normalized spacial score (nSPS) is 11.1. The number of alkyl halides is 3. The highest BCUT2D eigenvalue weighted by Gasteiger charge is 2.42. The highest BCUT2D eigenvalue weighted by molar-refractivity contribution is 5.97. The van der Waals surface area contributed by atoms with Gasteiger partial charge in [0.05, 0.1) is 0 Å². The van der Waals surface area contributed by atoms with E-state index in [0.717, 1.165) is 13.2 Å². The van der Waals surface area contributed by atoms with E-state index in [0.29, 0.717) is 4.90 Å². The minimum absolute atomic E-state index is 0.169. The van der Waals surface area contributed by atoms with Gasteiger partial charge in [-0.2, -0.15) is 13.2 Å². The van der Waals surface area contributed by atoms with E-state index in [1.807, 2.05) is 0 Å². The highest BCUT2D eigenvalue weighted by atomic mass is 19.4. The molecule has 0 fully saturated rings. The quantitative estimate of drug-likeness (QED) is 0.748. The number of pyridine rings is 1. The Hall–Kier alpha value is -1.92. The van der Waals surface area contributed by atoms with E-state index in [1.165, 1.54) is 19.1 Å². The van der Waals surface area contributed by atoms with Gasteiger partial charge >= 0.3 is 12.1 Å². The molecule has 1 rings (SSSR count). The summed E-state index contributed by atoms with van der Waals surface area (Å²) in [5, 5.41) is 0. The molecule has 1 amide bonds. The van der Waals surface area contributed by atoms with Crippen LogP contribution in [0, 0.1) is 0 Å². The molecule has 1 aromatic rings. The molecule has 0 saturated carbocycles. The second-order valence-electron chi connectivity index (χ2n) is 3.32. The van der Waals surface area contributed by atoms with E-state index < -0.39 is 12.1 Å². The maximum absolute atomic E-state index is 12.1. The number of anilines is 1. The minimum atomic E-state index is -4.95. The molecule has 0 spiro atoms. The van der Waals surface area contributed by atoms with Crippen LogP contribution in [0.1, 0.15) is 17.3 Å². The fourth-order valence-electron chi connectivity index (χ4n) is 1.09. The fourth-order valence-corrected chi connectivity index (χ4v) is 1.09. The van der Waals surface area contributed by atoms with E-state index in [1.54, 1.807) is 0 Å². The molecule has 0 bridgehead atoms. The van der Waals surface area contributed by atoms with Crippen LogP contribution in [0.3, 0.4) is 0 Å². The Morgan fingerprint density at radius 1 is 1.29 bits per heavy atom. The topological polar surface area (TPSA) is 50.3 Å². The third-order valence-electron chi connectivity index (χ3n) is 2.05. The number of carbonyl (C=O) groups excluding carboxylic acids is 2. The highest BCUT2D eigenvalue weighted by Crippen LogP contribution is 2.21. The van der Waals surface area contributed by atoms with E-state index in [-0.39, 0.29) is 17.2 Å². The molecule has 0 unspecified atom stereocenters. The van der Waals surface area contributed by atoms with Crippen LogP contribution in [-0.4, -0.2) is 29.9 Å². The van der Waals surface area contributed by atoms with Crippen molar-refractivity contribution < 1.29 is 22.8 Å². The summed E-state index contributed by atoms with van der Waals surface area (Å²) in [7, 11) is 0.964. The smallest absolute Gasteiger partial charge is 0.294 e. The van der Waals surface area contributed by atoms with E-state index >= 15 is 0 Å². The summed E-state index contributed by atoms with van der Waals surface area (Å²) in [5.74, 6) is -2.44. The second-order valence-corrected chi connectivity index (χ2v) is 3.32. The number of halogens is 3. The van der Waals surface area contributed by atoms with Crippen molar-refractivity contribution in [1.82, 2.24) is 4.98 Å². The lowest BCUT2D eigenvalue weighted by atomic mass is 10.2. The molecule has 17 heavy (non-hydrogen) atoms. The van der Waals surface area contributed by atoms with Crippen LogP contribution in [0.15, 0.2) is 18.3 Å². The molecule has 0 aromatic carbocycles. The van der Waals surface area contributed by atoms with Crippen LogP contribution in [0.25, 0.3) is 0 Å². The molecule has 4 nitrogen and oxygen atoms in total. The summed E-state index contributed by atoms with van der Waals surface area (Å²) in [5.41, 5.74) is 0.265. The lowest BCUT2D eigenvalue weighted by Crippen LogP contribution is -2.38. The zero-order valence-electron chi connectivity index (χ0n) is 9.08. The summed E-state index contributed by atoms with van der Waals surface area (Å²) in [6, 6.07) is 2.49. The van der Waals surface area contributed by atoms with Crippen LogP contribution >= 0.6 is 0 Å². The lowest BCUT2D eigenvalue weighted by Gasteiger charge is -2.17. The molecule has 7 heteroatoms. The molecule has 1 aromatic heterocycles. The largest absolute Gasteiger partial charge is 0.471 e. The van der Waals surface area contributed by atoms with Gasteiger partial charge in [-0.3, -0.25) is 14.5 Å². The number of carbonyl (C=O) groups is 2. The Balaban J connectivity index is 2.94. The number of amides is 1. The zero-order chi connectivity index (χ0) is 13.2. The van der Waals surface area contributed by atoms with E-state index in [4.69, 9.17) is 0 Å². The Morgan fingerprint density at radius 3 is 2.24 bits per heavy atom. The first-order chi connectivity index (χ1) is 7.73. The van der Waals surface area contributed by atoms with Crippen LogP contribution in [0.2, 0.25) is 0 Å². The lowest BCUT2D eigenvalue weighted by molar-refractivity contribution is -0.170. The van der Waals surface area contributed by atoms with Crippen LogP contribution in [-0.2, 0) is 4.79 Å². The summed E-state index contributed by atoms with van der Waals surface area (Å²) in [6.07, 6.45) is -3.83. The molecular formula is C10H9F3N2O2.